The summed E-state index contributed by atoms with van der Waals surface area (Å²) in [5.74, 6) is 0.647. The van der Waals surface area contributed by atoms with Gasteiger partial charge in [0.25, 0.3) is 0 Å². The minimum absolute atomic E-state index is 0.553. The van der Waals surface area contributed by atoms with Crippen molar-refractivity contribution in [3.8, 4) is 11.4 Å². The second-order valence-corrected chi connectivity index (χ2v) is 5.55. The molecule has 0 fully saturated rings. The maximum absolute atomic E-state index is 6.14. The monoisotopic (exact) mass is 324 g/mol. The molecule has 0 aliphatic rings. The first-order valence-corrected chi connectivity index (χ1v) is 7.68. The number of aliphatic imine (C=N–C) groups is 1. The minimum atomic E-state index is 0.553. The summed E-state index contributed by atoms with van der Waals surface area (Å²) in [5, 5.41) is 0.553. The van der Waals surface area contributed by atoms with E-state index >= 15 is 0 Å². The van der Waals surface area contributed by atoms with Crippen LogP contribution >= 0.6 is 11.6 Å². The van der Waals surface area contributed by atoms with E-state index in [9.17, 15) is 0 Å². The van der Waals surface area contributed by atoms with Crippen LogP contribution in [0.1, 0.15) is 11.4 Å². The van der Waals surface area contributed by atoms with E-state index in [4.69, 9.17) is 16.3 Å². The maximum atomic E-state index is 6.14. The van der Waals surface area contributed by atoms with Gasteiger partial charge >= 0.3 is 0 Å². The van der Waals surface area contributed by atoms with Gasteiger partial charge in [0.2, 0.25) is 0 Å². The fourth-order valence-corrected chi connectivity index (χ4v) is 2.72. The smallest absolute Gasteiger partial charge is 0.137 e. The van der Waals surface area contributed by atoms with Crippen LogP contribution < -0.4 is 4.74 Å². The lowest BCUT2D eigenvalue weighted by atomic mass is 10.3. The Balaban J connectivity index is 1.93. The van der Waals surface area contributed by atoms with Gasteiger partial charge in [-0.05, 0) is 49.4 Å². The summed E-state index contributed by atoms with van der Waals surface area (Å²) in [5.41, 5.74) is 4.07. The zero-order valence-electron chi connectivity index (χ0n) is 13.0. The van der Waals surface area contributed by atoms with E-state index in [0.29, 0.717) is 10.8 Å². The number of benzene rings is 2. The van der Waals surface area contributed by atoms with E-state index in [1.54, 1.807) is 13.2 Å². The van der Waals surface area contributed by atoms with E-state index in [2.05, 4.69) is 40.7 Å². The summed E-state index contributed by atoms with van der Waals surface area (Å²) in [6.45, 7) is 2.08. The summed E-state index contributed by atoms with van der Waals surface area (Å²) < 4.78 is 7.32. The highest BCUT2D eigenvalue weighted by atomic mass is 35.5. The van der Waals surface area contributed by atoms with Gasteiger partial charge in [-0.3, -0.25) is 4.99 Å². The molecule has 0 radical (unpaired) electrons. The van der Waals surface area contributed by atoms with Crippen LogP contribution in [-0.4, -0.2) is 17.9 Å². The lowest BCUT2D eigenvalue weighted by Gasteiger charge is -2.09. The number of ether oxygens (including phenoxy) is 1. The first-order chi connectivity index (χ1) is 11.2. The molecule has 1 heterocycles. The molecule has 116 valence electrons. The molecule has 0 atom stereocenters. The van der Waals surface area contributed by atoms with Gasteiger partial charge in [0.15, 0.2) is 0 Å². The van der Waals surface area contributed by atoms with E-state index in [0.717, 1.165) is 22.8 Å². The number of aromatic nitrogens is 1. The molecule has 3 nitrogen and oxygen atoms in total. The average Bonchev–Trinajstić information content (AvgIpc) is 2.94. The molecule has 0 saturated heterocycles. The van der Waals surface area contributed by atoms with Crippen LogP contribution in [0.25, 0.3) is 5.69 Å². The standard InChI is InChI=1S/C19H17ClN2O/c1-14-8-10-17(22(14)16-6-4-3-5-7-16)13-21-15-9-11-19(23-2)18(20)12-15/h3-13H,1-2H3. The van der Waals surface area contributed by atoms with Gasteiger partial charge in [0, 0.05) is 11.4 Å². The van der Waals surface area contributed by atoms with Gasteiger partial charge in [-0.15, -0.1) is 0 Å². The summed E-state index contributed by atoms with van der Waals surface area (Å²) >= 11 is 6.14. The highest BCUT2D eigenvalue weighted by Crippen LogP contribution is 2.28. The second kappa shape index (κ2) is 6.71. The molecule has 0 spiro atoms. The third-order valence-electron chi connectivity index (χ3n) is 3.60. The third-order valence-corrected chi connectivity index (χ3v) is 3.90. The number of nitrogens with zero attached hydrogens (tertiary/aromatic N) is 2. The number of aryl methyl sites for hydroxylation is 1. The first-order valence-electron chi connectivity index (χ1n) is 7.30. The molecule has 0 amide bonds. The molecule has 0 N–H and O–H groups in total. The molecule has 0 aliphatic carbocycles. The molecule has 0 bridgehead atoms. The molecular formula is C19H17ClN2O. The van der Waals surface area contributed by atoms with Gasteiger partial charge in [0.05, 0.1) is 29.7 Å². The average molecular weight is 325 g/mol. The van der Waals surface area contributed by atoms with E-state index in [1.165, 1.54) is 0 Å². The van der Waals surface area contributed by atoms with Crippen molar-refractivity contribution in [3.63, 3.8) is 0 Å². The number of halogens is 1. The quantitative estimate of drug-likeness (QED) is 0.606. The van der Waals surface area contributed by atoms with Crippen LogP contribution in [0.2, 0.25) is 5.02 Å². The molecule has 1 aromatic heterocycles. The van der Waals surface area contributed by atoms with E-state index in [-0.39, 0.29) is 0 Å². The van der Waals surface area contributed by atoms with E-state index in [1.807, 2.05) is 36.5 Å². The molecule has 2 aromatic carbocycles. The van der Waals surface area contributed by atoms with Crippen molar-refractivity contribution in [2.45, 2.75) is 6.92 Å². The first kappa shape index (κ1) is 15.4. The van der Waals surface area contributed by atoms with Crippen LogP contribution in [0.5, 0.6) is 5.75 Å². The normalized spacial score (nSPS) is 11.1. The Morgan fingerprint density at radius 1 is 1.04 bits per heavy atom. The molecule has 3 aromatic rings. The molecule has 23 heavy (non-hydrogen) atoms. The Morgan fingerprint density at radius 3 is 2.52 bits per heavy atom. The van der Waals surface area contributed by atoms with Crippen LogP contribution in [0, 0.1) is 6.92 Å². The number of hydrogen-bond donors (Lipinski definition) is 0. The Hall–Kier alpha value is -2.52. The van der Waals surface area contributed by atoms with Gasteiger partial charge in [-0.1, -0.05) is 29.8 Å². The predicted octanol–water partition coefficient (Wildman–Crippen LogP) is 5.20. The van der Waals surface area contributed by atoms with Crippen LogP contribution in [-0.2, 0) is 0 Å². The fourth-order valence-electron chi connectivity index (χ4n) is 2.47. The van der Waals surface area contributed by atoms with Crippen molar-refractivity contribution in [2.75, 3.05) is 7.11 Å². The third kappa shape index (κ3) is 3.30. The van der Waals surface area contributed by atoms with Gasteiger partial charge in [0.1, 0.15) is 5.75 Å². The number of para-hydroxylation sites is 1. The summed E-state index contributed by atoms with van der Waals surface area (Å²) in [6.07, 6.45) is 1.85. The van der Waals surface area contributed by atoms with Crippen LogP contribution in [0.15, 0.2) is 65.7 Å². The summed E-state index contributed by atoms with van der Waals surface area (Å²) in [4.78, 5) is 4.53. The molecule has 0 unspecified atom stereocenters. The molecule has 0 saturated carbocycles. The molecule has 0 aliphatic heterocycles. The molecule has 3 rings (SSSR count). The highest BCUT2D eigenvalue weighted by molar-refractivity contribution is 6.32. The van der Waals surface area contributed by atoms with Crippen molar-refractivity contribution < 1.29 is 4.74 Å². The van der Waals surface area contributed by atoms with Gasteiger partial charge in [-0.25, -0.2) is 0 Å². The van der Waals surface area contributed by atoms with E-state index < -0.39 is 0 Å². The highest BCUT2D eigenvalue weighted by Gasteiger charge is 2.05. The number of hydrogen-bond acceptors (Lipinski definition) is 2. The maximum Gasteiger partial charge on any atom is 0.137 e. The van der Waals surface area contributed by atoms with Crippen molar-refractivity contribution >= 4 is 23.5 Å². The Morgan fingerprint density at radius 2 is 1.83 bits per heavy atom. The lowest BCUT2D eigenvalue weighted by Crippen LogP contribution is -2.00. The van der Waals surface area contributed by atoms with Crippen LogP contribution in [0.4, 0.5) is 5.69 Å². The van der Waals surface area contributed by atoms with Gasteiger partial charge < -0.3 is 9.30 Å². The minimum Gasteiger partial charge on any atom is -0.495 e. The topological polar surface area (TPSA) is 26.5 Å². The van der Waals surface area contributed by atoms with Crippen LogP contribution in [0.3, 0.4) is 0 Å². The molecule has 4 heteroatoms. The number of rotatable bonds is 4. The largest absolute Gasteiger partial charge is 0.495 e. The summed E-state index contributed by atoms with van der Waals surface area (Å²) in [7, 11) is 1.60. The summed E-state index contributed by atoms with van der Waals surface area (Å²) in [6, 6.07) is 19.8. The molecular weight excluding hydrogens is 308 g/mol. The Bertz CT molecular complexity index is 838. The van der Waals surface area contributed by atoms with Crippen molar-refractivity contribution in [2.24, 2.45) is 4.99 Å². The fraction of sp³-hybridized carbons (Fsp3) is 0.105. The van der Waals surface area contributed by atoms with Crippen molar-refractivity contribution in [1.82, 2.24) is 4.57 Å². The lowest BCUT2D eigenvalue weighted by molar-refractivity contribution is 0.415. The Labute approximate surface area is 140 Å². The Kier molecular flexibility index (Phi) is 4.49. The van der Waals surface area contributed by atoms with Gasteiger partial charge in [-0.2, -0.15) is 0 Å². The van der Waals surface area contributed by atoms with Crippen molar-refractivity contribution in [3.05, 3.63) is 77.1 Å². The number of methoxy groups -OCH3 is 1. The predicted molar refractivity (Wildman–Crippen MR) is 95.8 cm³/mol. The zero-order chi connectivity index (χ0) is 16.2. The van der Waals surface area contributed by atoms with Crippen molar-refractivity contribution in [1.29, 1.82) is 0 Å². The second-order valence-electron chi connectivity index (χ2n) is 5.15. The zero-order valence-corrected chi connectivity index (χ0v) is 13.8. The SMILES string of the molecule is COc1ccc(N=Cc2ccc(C)n2-c2ccccc2)cc1Cl.